The van der Waals surface area contributed by atoms with Crippen LogP contribution in [0, 0.1) is 17.8 Å². The maximum atomic E-state index is 11.8. The van der Waals surface area contributed by atoms with Gasteiger partial charge in [-0.1, -0.05) is 0 Å². The summed E-state index contributed by atoms with van der Waals surface area (Å²) < 4.78 is 0. The quantitative estimate of drug-likeness (QED) is 0.722. The number of carbonyl (C=O) groups is 1. The predicted octanol–water partition coefficient (Wildman–Crippen LogP) is 1.35. The molecule has 0 spiro atoms. The smallest absolute Gasteiger partial charge is 0.221 e. The third kappa shape index (κ3) is 3.34. The van der Waals surface area contributed by atoms with Crippen LogP contribution >= 0.6 is 0 Å². The molecule has 4 bridgehead atoms. The Labute approximate surface area is 122 Å². The van der Waals surface area contributed by atoms with Crippen molar-refractivity contribution in [3.8, 4) is 0 Å². The summed E-state index contributed by atoms with van der Waals surface area (Å²) in [5, 5.41) is 2.97. The summed E-state index contributed by atoms with van der Waals surface area (Å²) in [6, 6.07) is 0.767. The summed E-state index contributed by atoms with van der Waals surface area (Å²) in [5.41, 5.74) is 5.44. The Kier molecular flexibility index (Phi) is 4.61. The van der Waals surface area contributed by atoms with Gasteiger partial charge < -0.3 is 11.1 Å². The van der Waals surface area contributed by atoms with Crippen molar-refractivity contribution in [2.24, 2.45) is 23.5 Å². The number of nitrogens with zero attached hydrogens (tertiary/aromatic N) is 1. The molecule has 4 nitrogen and oxygen atoms in total. The molecule has 114 valence electrons. The topological polar surface area (TPSA) is 58.4 Å². The summed E-state index contributed by atoms with van der Waals surface area (Å²) in [6.07, 6.45) is 8.70. The molecule has 2 aliphatic heterocycles. The number of hydrogen-bond donors (Lipinski definition) is 2. The lowest BCUT2D eigenvalue weighted by Gasteiger charge is -2.39. The SMILES string of the molecule is NCCCNC(=O)CCN1CC2C[C@@H]3CC1C[C@H](C2)C3. The monoisotopic (exact) mass is 279 g/mol. The predicted molar refractivity (Wildman–Crippen MR) is 80.2 cm³/mol. The zero-order valence-electron chi connectivity index (χ0n) is 12.5. The van der Waals surface area contributed by atoms with Gasteiger partial charge in [0.1, 0.15) is 0 Å². The van der Waals surface area contributed by atoms with E-state index in [2.05, 4.69) is 10.2 Å². The molecule has 4 atom stereocenters. The Morgan fingerprint density at radius 1 is 1.10 bits per heavy atom. The van der Waals surface area contributed by atoms with Gasteiger partial charge in [0.25, 0.3) is 0 Å². The van der Waals surface area contributed by atoms with Crippen LogP contribution in [0.25, 0.3) is 0 Å². The molecular formula is C16H29N3O. The Hall–Kier alpha value is -0.610. The lowest BCUT2D eigenvalue weighted by molar-refractivity contribution is -0.121. The van der Waals surface area contributed by atoms with E-state index in [1.165, 1.54) is 38.6 Å². The van der Waals surface area contributed by atoms with E-state index in [4.69, 9.17) is 5.73 Å². The van der Waals surface area contributed by atoms with Gasteiger partial charge in [0.15, 0.2) is 0 Å². The fourth-order valence-corrected chi connectivity index (χ4v) is 4.82. The van der Waals surface area contributed by atoms with Crippen molar-refractivity contribution < 1.29 is 4.79 Å². The molecule has 2 unspecified atom stereocenters. The number of fused-ring (bicyclic) bond motifs is 1. The van der Waals surface area contributed by atoms with Gasteiger partial charge in [-0.05, 0) is 62.8 Å². The number of rotatable bonds is 6. The average molecular weight is 279 g/mol. The van der Waals surface area contributed by atoms with Crippen molar-refractivity contribution in [1.29, 1.82) is 0 Å². The Morgan fingerprint density at radius 2 is 1.80 bits per heavy atom. The fraction of sp³-hybridized carbons (Fsp3) is 0.938. The van der Waals surface area contributed by atoms with Gasteiger partial charge in [-0.25, -0.2) is 0 Å². The first kappa shape index (κ1) is 14.3. The molecule has 2 heterocycles. The zero-order chi connectivity index (χ0) is 13.9. The molecule has 4 heteroatoms. The molecular weight excluding hydrogens is 250 g/mol. The second-order valence-electron chi connectivity index (χ2n) is 7.17. The molecule has 0 radical (unpaired) electrons. The van der Waals surface area contributed by atoms with Crippen LogP contribution in [0.15, 0.2) is 0 Å². The molecule has 4 aliphatic rings. The molecule has 20 heavy (non-hydrogen) atoms. The maximum absolute atomic E-state index is 11.8. The summed E-state index contributed by atoms with van der Waals surface area (Å²) in [5.74, 6) is 3.08. The number of amides is 1. The number of carbonyl (C=O) groups excluding carboxylic acids is 1. The zero-order valence-corrected chi connectivity index (χ0v) is 12.5. The van der Waals surface area contributed by atoms with E-state index in [-0.39, 0.29) is 5.91 Å². The van der Waals surface area contributed by atoms with Gasteiger partial charge >= 0.3 is 0 Å². The van der Waals surface area contributed by atoms with E-state index in [0.717, 1.165) is 43.3 Å². The first-order chi connectivity index (χ1) is 9.74. The van der Waals surface area contributed by atoms with Gasteiger partial charge in [-0.15, -0.1) is 0 Å². The highest BCUT2D eigenvalue weighted by molar-refractivity contribution is 5.76. The number of nitrogens with one attached hydrogen (secondary N) is 1. The Morgan fingerprint density at radius 3 is 2.50 bits per heavy atom. The van der Waals surface area contributed by atoms with Crippen molar-refractivity contribution in [3.63, 3.8) is 0 Å². The van der Waals surface area contributed by atoms with Crippen molar-refractivity contribution in [2.75, 3.05) is 26.2 Å². The normalized spacial score (nSPS) is 36.0. The second-order valence-corrected chi connectivity index (χ2v) is 7.17. The molecule has 2 saturated heterocycles. The van der Waals surface area contributed by atoms with Crippen molar-refractivity contribution in [2.45, 2.75) is 51.0 Å². The molecule has 4 rings (SSSR count). The largest absolute Gasteiger partial charge is 0.356 e. The van der Waals surface area contributed by atoms with Crippen molar-refractivity contribution in [1.82, 2.24) is 10.2 Å². The molecule has 0 aromatic carbocycles. The highest BCUT2D eigenvalue weighted by atomic mass is 16.1. The minimum Gasteiger partial charge on any atom is -0.356 e. The van der Waals surface area contributed by atoms with E-state index in [1.807, 2.05) is 0 Å². The minimum atomic E-state index is 0.197. The van der Waals surface area contributed by atoms with E-state index >= 15 is 0 Å². The average Bonchev–Trinajstić information content (AvgIpc) is 2.60. The second kappa shape index (κ2) is 6.44. The van der Waals surface area contributed by atoms with Crippen LogP contribution < -0.4 is 11.1 Å². The van der Waals surface area contributed by atoms with E-state index in [0.29, 0.717) is 13.0 Å². The van der Waals surface area contributed by atoms with Crippen LogP contribution in [-0.2, 0) is 4.79 Å². The Balaban J connectivity index is 1.47. The van der Waals surface area contributed by atoms with Gasteiger partial charge in [-0.2, -0.15) is 0 Å². The molecule has 3 N–H and O–H groups in total. The van der Waals surface area contributed by atoms with Crippen molar-refractivity contribution >= 4 is 5.91 Å². The van der Waals surface area contributed by atoms with E-state index in [1.54, 1.807) is 0 Å². The number of hydrogen-bond acceptors (Lipinski definition) is 3. The number of nitrogens with two attached hydrogens (primary N) is 1. The summed E-state index contributed by atoms with van der Waals surface area (Å²) in [6.45, 7) is 3.58. The molecule has 0 aromatic heterocycles. The maximum Gasteiger partial charge on any atom is 0.221 e. The van der Waals surface area contributed by atoms with E-state index < -0.39 is 0 Å². The summed E-state index contributed by atoms with van der Waals surface area (Å²) in [4.78, 5) is 14.5. The standard InChI is InChI=1S/C16H29N3O/c17-3-1-4-18-16(20)2-5-19-11-14-7-12-6-13(8-14)10-15(19)9-12/h12-15H,1-11,17H2,(H,18,20)/t12-,13+,14?,15?. The van der Waals surface area contributed by atoms with Crippen LogP contribution in [0.4, 0.5) is 0 Å². The first-order valence-corrected chi connectivity index (χ1v) is 8.45. The molecule has 1 amide bonds. The van der Waals surface area contributed by atoms with Crippen LogP contribution in [-0.4, -0.2) is 43.0 Å². The summed E-state index contributed by atoms with van der Waals surface area (Å²) in [7, 11) is 0. The van der Waals surface area contributed by atoms with Crippen LogP contribution in [0.5, 0.6) is 0 Å². The molecule has 4 fully saturated rings. The summed E-state index contributed by atoms with van der Waals surface area (Å²) >= 11 is 0. The lowest BCUT2D eigenvalue weighted by Crippen LogP contribution is -2.40. The fourth-order valence-electron chi connectivity index (χ4n) is 4.82. The highest BCUT2D eigenvalue weighted by Crippen LogP contribution is 2.47. The van der Waals surface area contributed by atoms with Gasteiger partial charge in [0.05, 0.1) is 0 Å². The Bertz CT molecular complexity index is 333. The van der Waals surface area contributed by atoms with Crippen LogP contribution in [0.2, 0.25) is 0 Å². The van der Waals surface area contributed by atoms with E-state index in [9.17, 15) is 4.79 Å². The first-order valence-electron chi connectivity index (χ1n) is 8.45. The van der Waals surface area contributed by atoms with Gasteiger partial charge in [0, 0.05) is 32.1 Å². The van der Waals surface area contributed by atoms with Gasteiger partial charge in [-0.3, -0.25) is 9.69 Å². The third-order valence-corrected chi connectivity index (χ3v) is 5.55. The van der Waals surface area contributed by atoms with Crippen LogP contribution in [0.3, 0.4) is 0 Å². The lowest BCUT2D eigenvalue weighted by atomic mass is 9.68. The molecule has 2 saturated carbocycles. The third-order valence-electron chi connectivity index (χ3n) is 5.55. The van der Waals surface area contributed by atoms with Gasteiger partial charge in [0.2, 0.25) is 5.91 Å². The minimum absolute atomic E-state index is 0.197. The van der Waals surface area contributed by atoms with Crippen LogP contribution in [0.1, 0.15) is 44.9 Å². The highest BCUT2D eigenvalue weighted by Gasteiger charge is 2.42. The molecule has 2 aliphatic carbocycles. The van der Waals surface area contributed by atoms with Crippen molar-refractivity contribution in [3.05, 3.63) is 0 Å². The molecule has 0 aromatic rings.